The summed E-state index contributed by atoms with van der Waals surface area (Å²) in [4.78, 5) is 36.2. The molecule has 1 heterocycles. The zero-order chi connectivity index (χ0) is 17.8. The molecule has 2 amide bonds. The molecule has 0 spiro atoms. The van der Waals surface area contributed by atoms with Crippen LogP contribution in [0.5, 0.6) is 0 Å². The number of nitrogens with one attached hydrogen (secondary N) is 2. The highest BCUT2D eigenvalue weighted by Crippen LogP contribution is 2.19. The van der Waals surface area contributed by atoms with Crippen molar-refractivity contribution in [3.63, 3.8) is 0 Å². The molecule has 1 rings (SSSR count). The Morgan fingerprint density at radius 3 is 2.54 bits per heavy atom. The number of amides is 2. The van der Waals surface area contributed by atoms with Gasteiger partial charge in [0.25, 0.3) is 0 Å². The molecule has 24 heavy (non-hydrogen) atoms. The number of carboxylic acid groups (broad SMARTS) is 1. The minimum atomic E-state index is -0.949. The number of piperidine rings is 1. The van der Waals surface area contributed by atoms with Crippen LogP contribution in [0, 0.1) is 5.92 Å². The van der Waals surface area contributed by atoms with Crippen LogP contribution in [0.2, 0.25) is 0 Å². The SMILES string of the molecule is CCCN(CC(=O)NCCC(=O)O)C(=O)CCCC1CCNCC1. The highest BCUT2D eigenvalue weighted by Gasteiger charge is 2.18. The van der Waals surface area contributed by atoms with E-state index in [1.807, 2.05) is 6.92 Å². The van der Waals surface area contributed by atoms with Crippen LogP contribution in [0.3, 0.4) is 0 Å². The molecule has 0 aliphatic carbocycles. The fraction of sp³-hybridized carbons (Fsp3) is 0.824. The summed E-state index contributed by atoms with van der Waals surface area (Å²) in [6.45, 7) is 4.77. The summed E-state index contributed by atoms with van der Waals surface area (Å²) in [5.41, 5.74) is 0. The van der Waals surface area contributed by atoms with E-state index in [0.29, 0.717) is 18.9 Å². The molecule has 138 valence electrons. The lowest BCUT2D eigenvalue weighted by atomic mass is 9.92. The molecule has 7 nitrogen and oxygen atoms in total. The number of carboxylic acids is 1. The molecule has 1 saturated heterocycles. The van der Waals surface area contributed by atoms with Gasteiger partial charge in [-0.3, -0.25) is 14.4 Å². The van der Waals surface area contributed by atoms with Gasteiger partial charge in [-0.2, -0.15) is 0 Å². The summed E-state index contributed by atoms with van der Waals surface area (Å²) in [6, 6.07) is 0. The molecule has 0 radical (unpaired) electrons. The Bertz CT molecular complexity index is 409. The van der Waals surface area contributed by atoms with Gasteiger partial charge in [0, 0.05) is 19.5 Å². The third kappa shape index (κ3) is 8.86. The van der Waals surface area contributed by atoms with E-state index in [1.165, 1.54) is 12.8 Å². The summed E-state index contributed by atoms with van der Waals surface area (Å²) in [5, 5.41) is 14.4. The van der Waals surface area contributed by atoms with Crippen LogP contribution in [0.25, 0.3) is 0 Å². The molecule has 3 N–H and O–H groups in total. The number of hydrogen-bond donors (Lipinski definition) is 3. The maximum absolute atomic E-state index is 12.3. The van der Waals surface area contributed by atoms with E-state index in [2.05, 4.69) is 10.6 Å². The van der Waals surface area contributed by atoms with E-state index in [4.69, 9.17) is 5.11 Å². The quantitative estimate of drug-likeness (QED) is 0.520. The van der Waals surface area contributed by atoms with E-state index >= 15 is 0 Å². The first kappa shape index (κ1) is 20.4. The Labute approximate surface area is 144 Å². The van der Waals surface area contributed by atoms with Crippen LogP contribution >= 0.6 is 0 Å². The Morgan fingerprint density at radius 2 is 1.92 bits per heavy atom. The molecule has 0 aromatic heterocycles. The summed E-state index contributed by atoms with van der Waals surface area (Å²) in [6.07, 6.45) is 5.46. The average Bonchev–Trinajstić information content (AvgIpc) is 2.55. The van der Waals surface area contributed by atoms with Gasteiger partial charge < -0.3 is 20.6 Å². The normalized spacial score (nSPS) is 15.0. The predicted octanol–water partition coefficient (Wildman–Crippen LogP) is 0.986. The van der Waals surface area contributed by atoms with Gasteiger partial charge in [0.15, 0.2) is 0 Å². The van der Waals surface area contributed by atoms with E-state index in [-0.39, 0.29) is 31.3 Å². The molecule has 7 heteroatoms. The summed E-state index contributed by atoms with van der Waals surface area (Å²) in [7, 11) is 0. The maximum atomic E-state index is 12.3. The van der Waals surface area contributed by atoms with Gasteiger partial charge in [0.05, 0.1) is 13.0 Å². The first-order chi connectivity index (χ1) is 11.5. The second-order valence-corrected chi connectivity index (χ2v) is 6.39. The van der Waals surface area contributed by atoms with Crippen molar-refractivity contribution in [2.24, 2.45) is 5.92 Å². The van der Waals surface area contributed by atoms with Crippen molar-refractivity contribution in [2.75, 3.05) is 32.7 Å². The van der Waals surface area contributed by atoms with Gasteiger partial charge in [-0.1, -0.05) is 6.92 Å². The predicted molar refractivity (Wildman–Crippen MR) is 91.6 cm³/mol. The average molecular weight is 341 g/mol. The molecule has 0 saturated carbocycles. The monoisotopic (exact) mass is 341 g/mol. The molecule has 0 aromatic rings. The van der Waals surface area contributed by atoms with Crippen LogP contribution in [0.4, 0.5) is 0 Å². The van der Waals surface area contributed by atoms with Crippen molar-refractivity contribution in [1.29, 1.82) is 0 Å². The Kier molecular flexibility index (Phi) is 10.1. The number of carbonyl (C=O) groups excluding carboxylic acids is 2. The number of aliphatic carboxylic acids is 1. The number of carbonyl (C=O) groups is 3. The highest BCUT2D eigenvalue weighted by atomic mass is 16.4. The van der Waals surface area contributed by atoms with Crippen molar-refractivity contribution >= 4 is 17.8 Å². The molecule has 0 atom stereocenters. The molecular formula is C17H31N3O4. The second-order valence-electron chi connectivity index (χ2n) is 6.39. The fourth-order valence-corrected chi connectivity index (χ4v) is 2.97. The lowest BCUT2D eigenvalue weighted by Crippen LogP contribution is -2.41. The zero-order valence-electron chi connectivity index (χ0n) is 14.7. The molecule has 1 aliphatic heterocycles. The molecule has 1 aliphatic rings. The van der Waals surface area contributed by atoms with Gasteiger partial charge in [-0.05, 0) is 51.1 Å². The van der Waals surface area contributed by atoms with Crippen molar-refractivity contribution in [3.8, 4) is 0 Å². The van der Waals surface area contributed by atoms with E-state index in [0.717, 1.165) is 32.4 Å². The third-order valence-electron chi connectivity index (χ3n) is 4.30. The van der Waals surface area contributed by atoms with Gasteiger partial charge >= 0.3 is 5.97 Å². The number of hydrogen-bond acceptors (Lipinski definition) is 4. The molecular weight excluding hydrogens is 310 g/mol. The number of rotatable bonds is 11. The zero-order valence-corrected chi connectivity index (χ0v) is 14.7. The lowest BCUT2D eigenvalue weighted by Gasteiger charge is -2.24. The molecule has 0 unspecified atom stereocenters. The van der Waals surface area contributed by atoms with Gasteiger partial charge in [-0.15, -0.1) is 0 Å². The standard InChI is InChI=1S/C17H31N3O4/c1-2-12-20(13-15(21)19-11-8-17(23)24)16(22)5-3-4-14-6-9-18-10-7-14/h14,18H,2-13H2,1H3,(H,19,21)(H,23,24). The van der Waals surface area contributed by atoms with Crippen LogP contribution in [0.15, 0.2) is 0 Å². The summed E-state index contributed by atoms with van der Waals surface area (Å²) < 4.78 is 0. The Balaban J connectivity index is 2.29. The molecule has 0 bridgehead atoms. The first-order valence-corrected chi connectivity index (χ1v) is 9.00. The lowest BCUT2D eigenvalue weighted by molar-refractivity contribution is -0.138. The van der Waals surface area contributed by atoms with Crippen molar-refractivity contribution in [2.45, 2.75) is 51.9 Å². The molecule has 1 fully saturated rings. The van der Waals surface area contributed by atoms with Crippen LogP contribution in [-0.4, -0.2) is 60.5 Å². The fourth-order valence-electron chi connectivity index (χ4n) is 2.97. The summed E-state index contributed by atoms with van der Waals surface area (Å²) >= 11 is 0. The van der Waals surface area contributed by atoms with Gasteiger partial charge in [0.1, 0.15) is 0 Å². The largest absolute Gasteiger partial charge is 0.481 e. The van der Waals surface area contributed by atoms with E-state index < -0.39 is 5.97 Å². The summed E-state index contributed by atoms with van der Waals surface area (Å²) in [5.74, 6) is -0.525. The number of nitrogens with zero attached hydrogens (tertiary/aromatic N) is 1. The van der Waals surface area contributed by atoms with Crippen molar-refractivity contribution in [3.05, 3.63) is 0 Å². The van der Waals surface area contributed by atoms with Crippen LogP contribution in [-0.2, 0) is 14.4 Å². The Morgan fingerprint density at radius 1 is 1.21 bits per heavy atom. The molecule has 0 aromatic carbocycles. The van der Waals surface area contributed by atoms with Crippen LogP contribution < -0.4 is 10.6 Å². The Hall–Kier alpha value is -1.63. The second kappa shape index (κ2) is 11.8. The highest BCUT2D eigenvalue weighted by molar-refractivity contribution is 5.85. The van der Waals surface area contributed by atoms with Crippen LogP contribution in [0.1, 0.15) is 51.9 Å². The maximum Gasteiger partial charge on any atom is 0.305 e. The topological polar surface area (TPSA) is 98.7 Å². The minimum Gasteiger partial charge on any atom is -0.481 e. The third-order valence-corrected chi connectivity index (χ3v) is 4.30. The van der Waals surface area contributed by atoms with Crippen molar-refractivity contribution in [1.82, 2.24) is 15.5 Å². The van der Waals surface area contributed by atoms with E-state index in [9.17, 15) is 14.4 Å². The van der Waals surface area contributed by atoms with Gasteiger partial charge in [-0.25, -0.2) is 0 Å². The van der Waals surface area contributed by atoms with Gasteiger partial charge in [0.2, 0.25) is 11.8 Å². The minimum absolute atomic E-state index is 0.0131. The van der Waals surface area contributed by atoms with E-state index in [1.54, 1.807) is 4.90 Å². The first-order valence-electron chi connectivity index (χ1n) is 9.00. The smallest absolute Gasteiger partial charge is 0.305 e. The van der Waals surface area contributed by atoms with Crippen molar-refractivity contribution < 1.29 is 19.5 Å².